The smallest absolute Gasteiger partial charge is 0.123 e. The number of benzene rings is 1. The van der Waals surface area contributed by atoms with E-state index < -0.39 is 0 Å². The van der Waals surface area contributed by atoms with Crippen LogP contribution < -0.4 is 5.73 Å². The second kappa shape index (κ2) is 4.93. The van der Waals surface area contributed by atoms with Gasteiger partial charge in [-0.1, -0.05) is 12.1 Å². The molecular weight excluding hydrogens is 205 g/mol. The van der Waals surface area contributed by atoms with Crippen molar-refractivity contribution in [1.29, 1.82) is 0 Å². The summed E-state index contributed by atoms with van der Waals surface area (Å²) >= 11 is 0. The van der Waals surface area contributed by atoms with Crippen molar-refractivity contribution in [1.82, 2.24) is 0 Å². The zero-order valence-electron chi connectivity index (χ0n) is 9.53. The van der Waals surface area contributed by atoms with Gasteiger partial charge in [0, 0.05) is 6.04 Å². The summed E-state index contributed by atoms with van der Waals surface area (Å²) in [5.41, 5.74) is 6.73. The maximum atomic E-state index is 13.1. The molecule has 88 valence electrons. The zero-order valence-corrected chi connectivity index (χ0v) is 9.53. The van der Waals surface area contributed by atoms with Crippen molar-refractivity contribution >= 4 is 0 Å². The van der Waals surface area contributed by atoms with E-state index in [-0.39, 0.29) is 18.0 Å². The third-order valence-corrected chi connectivity index (χ3v) is 3.05. The Kier molecular flexibility index (Phi) is 3.56. The van der Waals surface area contributed by atoms with Crippen LogP contribution in [0.25, 0.3) is 0 Å². The molecule has 16 heavy (non-hydrogen) atoms. The number of halogens is 1. The van der Waals surface area contributed by atoms with E-state index in [0.717, 1.165) is 18.4 Å². The van der Waals surface area contributed by atoms with E-state index in [0.29, 0.717) is 6.10 Å². The molecule has 2 nitrogen and oxygen atoms in total. The van der Waals surface area contributed by atoms with E-state index in [9.17, 15) is 4.39 Å². The minimum absolute atomic E-state index is 0.123. The van der Waals surface area contributed by atoms with E-state index in [4.69, 9.17) is 10.5 Å². The van der Waals surface area contributed by atoms with Crippen molar-refractivity contribution in [2.24, 2.45) is 5.73 Å². The number of rotatable bonds is 4. The Hall–Kier alpha value is -0.930. The van der Waals surface area contributed by atoms with Crippen molar-refractivity contribution in [2.45, 2.75) is 44.4 Å². The summed E-state index contributed by atoms with van der Waals surface area (Å²) in [7, 11) is 0. The average molecular weight is 223 g/mol. The number of hydrogen-bond acceptors (Lipinski definition) is 2. The van der Waals surface area contributed by atoms with Crippen LogP contribution in [0.5, 0.6) is 0 Å². The summed E-state index contributed by atoms with van der Waals surface area (Å²) in [5, 5.41) is 0. The predicted molar refractivity (Wildman–Crippen MR) is 61.5 cm³/mol. The van der Waals surface area contributed by atoms with Gasteiger partial charge in [0.25, 0.3) is 0 Å². The van der Waals surface area contributed by atoms with Gasteiger partial charge in [0.2, 0.25) is 0 Å². The first kappa shape index (κ1) is 11.6. The van der Waals surface area contributed by atoms with E-state index >= 15 is 0 Å². The lowest BCUT2D eigenvalue weighted by Crippen LogP contribution is -2.33. The van der Waals surface area contributed by atoms with Gasteiger partial charge in [-0.05, 0) is 43.9 Å². The summed E-state index contributed by atoms with van der Waals surface area (Å²) in [6.45, 7) is 1.90. The molecule has 0 bridgehead atoms. The first-order chi connectivity index (χ1) is 7.66. The topological polar surface area (TPSA) is 35.2 Å². The van der Waals surface area contributed by atoms with Gasteiger partial charge in [-0.2, -0.15) is 0 Å². The summed E-state index contributed by atoms with van der Waals surface area (Å²) in [4.78, 5) is 0. The maximum Gasteiger partial charge on any atom is 0.123 e. The lowest BCUT2D eigenvalue weighted by molar-refractivity contribution is -0.0612. The molecule has 1 aromatic carbocycles. The van der Waals surface area contributed by atoms with Crippen molar-refractivity contribution in [2.75, 3.05) is 0 Å². The lowest BCUT2D eigenvalue weighted by Gasteiger charge is -2.32. The Morgan fingerprint density at radius 3 is 2.69 bits per heavy atom. The molecule has 2 atom stereocenters. The van der Waals surface area contributed by atoms with Crippen molar-refractivity contribution in [3.8, 4) is 0 Å². The highest BCUT2D eigenvalue weighted by Crippen LogP contribution is 2.30. The molecule has 0 aliphatic heterocycles. The highest BCUT2D eigenvalue weighted by molar-refractivity contribution is 5.20. The van der Waals surface area contributed by atoms with Crippen molar-refractivity contribution in [3.05, 3.63) is 35.6 Å². The monoisotopic (exact) mass is 223 g/mol. The van der Waals surface area contributed by atoms with E-state index in [1.54, 1.807) is 6.07 Å². The molecule has 1 aliphatic rings. The van der Waals surface area contributed by atoms with Crippen LogP contribution in [0.1, 0.15) is 37.9 Å². The summed E-state index contributed by atoms with van der Waals surface area (Å²) in [6.07, 6.45) is 3.52. The second-order valence-corrected chi connectivity index (χ2v) is 4.52. The molecule has 1 aromatic rings. The second-order valence-electron chi connectivity index (χ2n) is 4.52. The summed E-state index contributed by atoms with van der Waals surface area (Å²) < 4.78 is 19.0. The van der Waals surface area contributed by atoms with Gasteiger partial charge >= 0.3 is 0 Å². The molecule has 3 heteroatoms. The van der Waals surface area contributed by atoms with Gasteiger partial charge in [-0.15, -0.1) is 0 Å². The fraction of sp³-hybridized carbons (Fsp3) is 0.538. The van der Waals surface area contributed by atoms with Crippen LogP contribution in [0.2, 0.25) is 0 Å². The molecule has 1 fully saturated rings. The first-order valence-electron chi connectivity index (χ1n) is 5.83. The van der Waals surface area contributed by atoms with Crippen LogP contribution in [0.15, 0.2) is 24.3 Å². The highest BCUT2D eigenvalue weighted by Gasteiger charge is 2.25. The lowest BCUT2D eigenvalue weighted by atomic mass is 9.95. The molecule has 1 saturated carbocycles. The van der Waals surface area contributed by atoms with Gasteiger partial charge < -0.3 is 10.5 Å². The summed E-state index contributed by atoms with van der Waals surface area (Å²) in [5.74, 6) is -0.236. The van der Waals surface area contributed by atoms with Crippen LogP contribution in [-0.4, -0.2) is 12.1 Å². The molecule has 0 saturated heterocycles. The minimum atomic E-state index is -0.236. The van der Waals surface area contributed by atoms with Crippen LogP contribution in [0, 0.1) is 5.82 Å². The fourth-order valence-electron chi connectivity index (χ4n) is 1.90. The van der Waals surface area contributed by atoms with Crippen LogP contribution in [0.4, 0.5) is 4.39 Å². The Labute approximate surface area is 95.6 Å². The van der Waals surface area contributed by atoms with Crippen molar-refractivity contribution in [3.63, 3.8) is 0 Å². The zero-order chi connectivity index (χ0) is 11.5. The Morgan fingerprint density at radius 1 is 1.44 bits per heavy atom. The molecule has 2 N–H and O–H groups in total. The Balaban J connectivity index is 2.11. The quantitative estimate of drug-likeness (QED) is 0.851. The van der Waals surface area contributed by atoms with Crippen LogP contribution >= 0.6 is 0 Å². The van der Waals surface area contributed by atoms with Crippen LogP contribution in [-0.2, 0) is 4.74 Å². The minimum Gasteiger partial charge on any atom is -0.369 e. The Bertz CT molecular complexity index is 350. The predicted octanol–water partition coefficient (Wildman–Crippen LogP) is 2.78. The molecule has 0 heterocycles. The highest BCUT2D eigenvalue weighted by atomic mass is 19.1. The maximum absolute atomic E-state index is 13.1. The molecule has 0 spiro atoms. The van der Waals surface area contributed by atoms with E-state index in [1.807, 2.05) is 13.0 Å². The molecule has 2 rings (SSSR count). The largest absolute Gasteiger partial charge is 0.369 e. The third kappa shape index (κ3) is 2.60. The van der Waals surface area contributed by atoms with E-state index in [2.05, 4.69) is 0 Å². The fourth-order valence-corrected chi connectivity index (χ4v) is 1.90. The molecule has 1 aliphatic carbocycles. The van der Waals surface area contributed by atoms with Gasteiger partial charge in [0.05, 0.1) is 12.2 Å². The number of ether oxygens (including phenoxy) is 1. The standard InChI is InChI=1S/C13H18FNO/c1-9(15)13(16-12-6-3-7-12)10-4-2-5-11(14)8-10/h2,4-5,8-9,12-13H,3,6-7,15H2,1H3. The molecule has 2 unspecified atom stereocenters. The van der Waals surface area contributed by atoms with Crippen LogP contribution in [0.3, 0.4) is 0 Å². The van der Waals surface area contributed by atoms with Gasteiger partial charge in [0.15, 0.2) is 0 Å². The SMILES string of the molecule is CC(N)C(OC1CCC1)c1cccc(F)c1. The third-order valence-electron chi connectivity index (χ3n) is 3.05. The van der Waals surface area contributed by atoms with Gasteiger partial charge in [0.1, 0.15) is 5.82 Å². The molecule has 0 radical (unpaired) electrons. The Morgan fingerprint density at radius 2 is 2.19 bits per heavy atom. The number of hydrogen-bond donors (Lipinski definition) is 1. The molecule has 0 amide bonds. The van der Waals surface area contributed by atoms with Crippen molar-refractivity contribution < 1.29 is 9.13 Å². The van der Waals surface area contributed by atoms with Gasteiger partial charge in [-0.25, -0.2) is 4.39 Å². The normalized spacial score (nSPS) is 20.2. The van der Waals surface area contributed by atoms with Gasteiger partial charge in [-0.3, -0.25) is 0 Å². The molecular formula is C13H18FNO. The number of nitrogens with two attached hydrogens (primary N) is 1. The molecule has 0 aromatic heterocycles. The first-order valence-corrected chi connectivity index (χ1v) is 5.83. The van der Waals surface area contributed by atoms with E-state index in [1.165, 1.54) is 18.6 Å². The average Bonchev–Trinajstić information content (AvgIpc) is 2.15. The summed E-state index contributed by atoms with van der Waals surface area (Å²) in [6, 6.07) is 6.39.